The Balaban J connectivity index is 0.0000107. The number of fused-ring (bicyclic) bond motifs is 2. The van der Waals surface area contributed by atoms with Gasteiger partial charge in [-0.1, -0.05) is 18.6 Å². The van der Waals surface area contributed by atoms with E-state index in [1.54, 1.807) is 37.8 Å². The third-order valence-corrected chi connectivity index (χ3v) is 15.5. The van der Waals surface area contributed by atoms with Crippen molar-refractivity contribution in [3.63, 3.8) is 0 Å². The second-order valence-corrected chi connectivity index (χ2v) is 22.0. The number of hydrogen-bond donors (Lipinski definition) is 0. The van der Waals surface area contributed by atoms with Crippen LogP contribution >= 0.6 is 11.6 Å². The van der Waals surface area contributed by atoms with Crippen molar-refractivity contribution in [2.24, 2.45) is 0 Å². The third-order valence-electron chi connectivity index (χ3n) is 12.4. The molecule has 0 saturated carbocycles. The van der Waals surface area contributed by atoms with Gasteiger partial charge in [0.15, 0.2) is 0 Å². The molecular weight excluding hydrogens is 1070 g/mol. The fraction of sp³-hybridized carbons (Fsp3) is 0.529. The fourth-order valence-corrected chi connectivity index (χ4v) is 11.7. The van der Waals surface area contributed by atoms with Gasteiger partial charge >= 0.3 is 57.5 Å². The Bertz CT molecular complexity index is 3040. The molecule has 1 amide bonds. The van der Waals surface area contributed by atoms with E-state index in [-0.39, 0.29) is 160 Å². The number of aliphatic carboxylic acids is 1. The molecule has 0 atom stereocenters. The van der Waals surface area contributed by atoms with Crippen molar-refractivity contribution < 1.29 is 111 Å². The number of hydrogen-bond acceptors (Lipinski definition) is 18. The van der Waals surface area contributed by atoms with Gasteiger partial charge in [-0.2, -0.15) is 15.0 Å². The van der Waals surface area contributed by atoms with Crippen LogP contribution < -0.4 is 80.5 Å². The number of carbonyl (C=O) groups is 2. The number of benzene rings is 3. The number of rotatable bonds is 17. The number of aromatic nitrogens is 3. The van der Waals surface area contributed by atoms with E-state index < -0.39 is 65.4 Å². The summed E-state index contributed by atoms with van der Waals surface area (Å²) in [6.45, 7) is 17.4. The Hall–Kier alpha value is -4.05. The minimum absolute atomic E-state index is 0. The summed E-state index contributed by atoms with van der Waals surface area (Å²) >= 11 is 6.60. The van der Waals surface area contributed by atoms with E-state index in [0.717, 1.165) is 21.4 Å². The summed E-state index contributed by atoms with van der Waals surface area (Å²) in [5, 5.41) is 12.2. The molecule has 1 fully saturated rings. The van der Waals surface area contributed by atoms with Gasteiger partial charge in [0.1, 0.15) is 45.0 Å². The van der Waals surface area contributed by atoms with E-state index >= 15 is 8.42 Å². The first-order chi connectivity index (χ1) is 35.7. The molecule has 2 aliphatic heterocycles. The molecule has 0 spiro atoms. The van der Waals surface area contributed by atoms with Crippen LogP contribution in [0.2, 0.25) is 5.28 Å². The van der Waals surface area contributed by atoms with Crippen molar-refractivity contribution in [1.82, 2.24) is 24.4 Å². The smallest absolute Gasteiger partial charge is 0.744 e. The maximum atomic E-state index is 15.5. The van der Waals surface area contributed by atoms with Gasteiger partial charge in [-0.25, -0.2) is 30.5 Å². The zero-order valence-corrected chi connectivity index (χ0v) is 50.2. The van der Waals surface area contributed by atoms with Crippen LogP contribution in [-0.2, 0) is 43.9 Å². The summed E-state index contributed by atoms with van der Waals surface area (Å²) in [6, 6.07) is 14.7. The van der Waals surface area contributed by atoms with Gasteiger partial charge in [0, 0.05) is 91.7 Å². The van der Waals surface area contributed by atoms with Gasteiger partial charge in [-0.15, -0.1) is 0 Å². The second-order valence-electron chi connectivity index (χ2n) is 18.5. The second kappa shape index (κ2) is 28.7. The normalized spacial score (nSPS) is 14.6. The van der Waals surface area contributed by atoms with Crippen LogP contribution in [0.3, 0.4) is 0 Å². The number of ether oxygens (including phenoxy) is 4. The van der Waals surface area contributed by atoms with Crippen molar-refractivity contribution in [3.8, 4) is 22.5 Å². The van der Waals surface area contributed by atoms with E-state index in [4.69, 9.17) is 35.0 Å². The average Bonchev–Trinajstić information content (AvgIpc) is 3.36. The molecule has 1 aliphatic carbocycles. The quantitative estimate of drug-likeness (QED) is 0.0425. The molecule has 0 unspecified atom stereocenters. The number of nitrogens with zero attached hydrogens (tertiary/aromatic N) is 8. The number of unbranched alkanes of at least 4 members (excludes halogenated alkanes) is 2. The average molecular weight is 1140 g/mol. The predicted octanol–water partition coefficient (Wildman–Crippen LogP) is 2.22. The molecule has 2 aromatic carbocycles. The van der Waals surface area contributed by atoms with Gasteiger partial charge in [-0.3, -0.25) is 0 Å². The molecule has 3 aromatic rings. The maximum Gasteiger partial charge on any atom is 1.00 e. The number of carbonyl (C=O) groups excluding carboxylic acids is 2. The molecule has 3 aliphatic rings. The Morgan fingerprint density at radius 3 is 2.05 bits per heavy atom. The molecule has 76 heavy (non-hydrogen) atoms. The molecule has 3 heterocycles. The van der Waals surface area contributed by atoms with Gasteiger partial charge in [0.25, 0.3) is 10.0 Å². The number of anilines is 3. The zero-order chi connectivity index (χ0) is 54.5. The molecule has 0 bridgehead atoms. The maximum absolute atomic E-state index is 15.5. The standard InChI is InChI=1S/C51H69ClN8O13S2.K/c1-8-56(9-2)36-19-21-38-41(34-36)72-42-35-37(57(10-3)11-4)20-22-39(42)45(38)40-16-15-17-43(46(40)75(66,67)68)74(64,65)60(23-14-12-13-18-44(61)62)49-54-47(52)53-48(55-49)58-24-28-69-30-26-59(50(63)73-51(5,6)7)27-31-71-33-32-70-29-25-58;/h15-17,19-22,34-35H,8-14,18,23-33H2,1-7H3,(H-,61,62,66,67,68);/q;+1/p-1. The van der Waals surface area contributed by atoms with E-state index in [1.165, 1.54) is 17.0 Å². The van der Waals surface area contributed by atoms with E-state index in [9.17, 15) is 27.7 Å². The van der Waals surface area contributed by atoms with Crippen LogP contribution in [0, 0.1) is 0 Å². The molecule has 410 valence electrons. The van der Waals surface area contributed by atoms with Crippen molar-refractivity contribution in [3.05, 3.63) is 65.2 Å². The molecule has 1 saturated heterocycles. The summed E-state index contributed by atoms with van der Waals surface area (Å²) in [7, 11) is -10.8. The number of halogens is 1. The fourth-order valence-electron chi connectivity index (χ4n) is 8.69. The number of amides is 1. The first-order valence-electron chi connectivity index (χ1n) is 25.2. The minimum Gasteiger partial charge on any atom is -0.744 e. The number of carboxylic acid groups (broad SMARTS) is 1. The number of sulfonamides is 1. The summed E-state index contributed by atoms with van der Waals surface area (Å²) in [5.41, 5.74) is 0.948. The number of carboxylic acids is 1. The Morgan fingerprint density at radius 2 is 1.45 bits per heavy atom. The van der Waals surface area contributed by atoms with Crippen LogP contribution in [0.25, 0.3) is 33.4 Å². The van der Waals surface area contributed by atoms with Crippen molar-refractivity contribution in [2.45, 2.75) is 89.5 Å². The Labute approximate surface area is 493 Å². The van der Waals surface area contributed by atoms with E-state index in [0.29, 0.717) is 48.5 Å². The summed E-state index contributed by atoms with van der Waals surface area (Å²) in [6.07, 6.45) is -0.449. The zero-order valence-electron chi connectivity index (χ0n) is 44.7. The first kappa shape index (κ1) is 62.8. The molecular formula is C51H68ClKN8O13S2. The van der Waals surface area contributed by atoms with Crippen molar-refractivity contribution in [2.75, 3.05) is 113 Å². The van der Waals surface area contributed by atoms with E-state index in [1.807, 2.05) is 52.0 Å². The van der Waals surface area contributed by atoms with Gasteiger partial charge in [0.05, 0.1) is 50.6 Å². The molecule has 0 N–H and O–H groups in total. The monoisotopic (exact) mass is 1140 g/mol. The summed E-state index contributed by atoms with van der Waals surface area (Å²) in [5.74, 6) is -1.52. The Morgan fingerprint density at radius 1 is 0.803 bits per heavy atom. The molecule has 0 radical (unpaired) electrons. The predicted molar refractivity (Wildman–Crippen MR) is 281 cm³/mol. The topological polar surface area (TPSA) is 253 Å². The van der Waals surface area contributed by atoms with Crippen LogP contribution in [0.15, 0.2) is 68.8 Å². The van der Waals surface area contributed by atoms with E-state index in [2.05, 4.69) is 24.4 Å². The van der Waals surface area contributed by atoms with Crippen molar-refractivity contribution in [1.29, 1.82) is 0 Å². The molecule has 1 aromatic heterocycles. The van der Waals surface area contributed by atoms with Crippen molar-refractivity contribution >= 4 is 72.4 Å². The SMILES string of the molecule is CCN(CC)c1ccc2c(-c3cccc(S(=O)(=O)N(CCCCCC(=O)[O-])c4nc(Cl)nc(N5CCOCCOCCN(C(=O)OC(C)(C)C)CCOCC5)n4)c3S(=O)(=O)[O-])c3ccc(=[N+](CC)CC)cc-3oc2c1.[K+]. The van der Waals surface area contributed by atoms with Crippen LogP contribution in [0.5, 0.6) is 0 Å². The summed E-state index contributed by atoms with van der Waals surface area (Å²) < 4.78 is 105. The molecule has 25 heteroatoms. The van der Waals surface area contributed by atoms with Gasteiger partial charge < -0.3 is 52.5 Å². The Kier molecular flexibility index (Phi) is 23.7. The molecule has 21 nitrogen and oxygen atoms in total. The first-order valence-corrected chi connectivity index (χ1v) is 28.5. The van der Waals surface area contributed by atoms with Gasteiger partial charge in [0.2, 0.25) is 22.5 Å². The van der Waals surface area contributed by atoms with Crippen LogP contribution in [0.4, 0.5) is 22.4 Å². The minimum atomic E-state index is -5.65. The van der Waals surface area contributed by atoms with Crippen LogP contribution in [0.1, 0.15) is 74.1 Å². The van der Waals surface area contributed by atoms with Crippen LogP contribution in [-0.4, -0.2) is 157 Å². The molecule has 6 rings (SSSR count). The largest absolute Gasteiger partial charge is 1.00 e. The van der Waals surface area contributed by atoms with Gasteiger partial charge in [-0.05, 0) is 104 Å². The third kappa shape index (κ3) is 16.5. The summed E-state index contributed by atoms with van der Waals surface area (Å²) in [4.78, 5) is 40.9.